The topological polar surface area (TPSA) is 46.1 Å². The molecular weight excluding hydrogens is 454 g/mol. The second-order valence-electron chi connectivity index (χ2n) is 6.05. The molecule has 7 heteroatoms. The van der Waals surface area contributed by atoms with E-state index in [0.29, 0.717) is 17.2 Å². The minimum absolute atomic E-state index is 0.0866. The molecule has 4 rings (SSSR count). The molecule has 2 heterocycles. The lowest BCUT2D eigenvalue weighted by molar-refractivity contribution is 0.0984. The van der Waals surface area contributed by atoms with E-state index in [0.717, 1.165) is 25.3 Å². The summed E-state index contributed by atoms with van der Waals surface area (Å²) >= 11 is 6.65. The molecule has 0 unspecified atom stereocenters. The van der Waals surface area contributed by atoms with Gasteiger partial charge in [0.15, 0.2) is 5.13 Å². The Morgan fingerprint density at radius 2 is 1.96 bits per heavy atom. The van der Waals surface area contributed by atoms with Gasteiger partial charge in [-0.1, -0.05) is 33.3 Å². The van der Waals surface area contributed by atoms with Crippen molar-refractivity contribution in [2.45, 2.75) is 11.4 Å². The third kappa shape index (κ3) is 4.11. The molecule has 2 aromatic heterocycles. The molecule has 140 valence electrons. The Labute approximate surface area is 179 Å². The molecule has 0 N–H and O–H groups in total. The number of halogens is 1. The third-order valence-corrected chi connectivity index (χ3v) is 6.48. The van der Waals surface area contributed by atoms with E-state index in [1.807, 2.05) is 66.9 Å². The molecule has 0 spiro atoms. The second kappa shape index (κ2) is 8.43. The van der Waals surface area contributed by atoms with Crippen molar-refractivity contribution in [2.75, 3.05) is 11.2 Å². The summed E-state index contributed by atoms with van der Waals surface area (Å²) in [7, 11) is 0. The van der Waals surface area contributed by atoms with E-state index >= 15 is 0 Å². The fourth-order valence-electron chi connectivity index (χ4n) is 2.77. The Hall–Kier alpha value is -2.22. The lowest BCUT2D eigenvalue weighted by atomic mass is 10.2. The van der Waals surface area contributed by atoms with Crippen LogP contribution in [0.5, 0.6) is 0 Å². The van der Waals surface area contributed by atoms with E-state index < -0.39 is 0 Å². The number of thioether (sulfide) groups is 1. The number of rotatable bonds is 5. The highest BCUT2D eigenvalue weighted by atomic mass is 79.9. The molecule has 2 aromatic carbocycles. The van der Waals surface area contributed by atoms with Gasteiger partial charge in [-0.15, -0.1) is 11.8 Å². The maximum absolute atomic E-state index is 13.3. The number of benzene rings is 2. The summed E-state index contributed by atoms with van der Waals surface area (Å²) in [6.45, 7) is 0.366. The van der Waals surface area contributed by atoms with E-state index in [2.05, 4.69) is 20.9 Å². The number of amides is 1. The SMILES string of the molecule is CSc1ccc(C(=O)N(Cc2ccccn2)c2nc3ccc(Br)cc3s2)cc1. The molecular formula is C21H16BrN3OS2. The van der Waals surface area contributed by atoms with Gasteiger partial charge in [0.25, 0.3) is 5.91 Å². The van der Waals surface area contributed by atoms with Crippen LogP contribution in [0.3, 0.4) is 0 Å². The molecule has 0 atom stereocenters. The number of carbonyl (C=O) groups excluding carboxylic acids is 1. The molecule has 0 saturated heterocycles. The van der Waals surface area contributed by atoms with Gasteiger partial charge in [-0.05, 0) is 60.9 Å². The highest BCUT2D eigenvalue weighted by Gasteiger charge is 2.22. The van der Waals surface area contributed by atoms with Gasteiger partial charge in [0.1, 0.15) is 0 Å². The van der Waals surface area contributed by atoms with Gasteiger partial charge in [-0.2, -0.15) is 0 Å². The predicted molar refractivity (Wildman–Crippen MR) is 120 cm³/mol. The van der Waals surface area contributed by atoms with Crippen LogP contribution in [0.2, 0.25) is 0 Å². The van der Waals surface area contributed by atoms with Crippen LogP contribution in [0, 0.1) is 0 Å². The zero-order valence-corrected chi connectivity index (χ0v) is 18.2. The summed E-state index contributed by atoms with van der Waals surface area (Å²) in [6, 6.07) is 19.3. The molecule has 4 aromatic rings. The molecule has 1 amide bonds. The zero-order chi connectivity index (χ0) is 19.5. The van der Waals surface area contributed by atoms with Crippen LogP contribution in [0.4, 0.5) is 5.13 Å². The summed E-state index contributed by atoms with van der Waals surface area (Å²) in [4.78, 5) is 25.3. The Balaban J connectivity index is 1.74. The van der Waals surface area contributed by atoms with Gasteiger partial charge in [-0.25, -0.2) is 4.98 Å². The number of carbonyl (C=O) groups is 1. The summed E-state index contributed by atoms with van der Waals surface area (Å²) in [5.74, 6) is -0.0866. The predicted octanol–water partition coefficient (Wildman–Crippen LogP) is 6.02. The number of thiazole rings is 1. The molecule has 0 saturated carbocycles. The Morgan fingerprint density at radius 1 is 1.14 bits per heavy atom. The molecule has 28 heavy (non-hydrogen) atoms. The number of anilines is 1. The smallest absolute Gasteiger partial charge is 0.260 e. The number of aromatic nitrogens is 2. The van der Waals surface area contributed by atoms with E-state index in [4.69, 9.17) is 4.98 Å². The maximum atomic E-state index is 13.3. The second-order valence-corrected chi connectivity index (χ2v) is 8.85. The molecule has 0 fully saturated rings. The molecule has 0 aliphatic rings. The Bertz CT molecular complexity index is 1110. The number of fused-ring (bicyclic) bond motifs is 1. The minimum atomic E-state index is -0.0866. The standard InChI is InChI=1S/C21H16BrN3OS2/c1-27-17-8-5-14(6-9-17)20(26)25(13-16-4-2-3-11-23-16)21-24-18-10-7-15(22)12-19(18)28-21/h2-12H,13H2,1H3. The van der Waals surface area contributed by atoms with Crippen molar-refractivity contribution in [1.29, 1.82) is 0 Å². The number of hydrogen-bond donors (Lipinski definition) is 0. The van der Waals surface area contributed by atoms with E-state index in [-0.39, 0.29) is 5.91 Å². The largest absolute Gasteiger partial charge is 0.278 e. The van der Waals surface area contributed by atoms with Crippen molar-refractivity contribution >= 4 is 60.3 Å². The van der Waals surface area contributed by atoms with Crippen LogP contribution in [0.1, 0.15) is 16.1 Å². The molecule has 0 aliphatic carbocycles. The summed E-state index contributed by atoms with van der Waals surface area (Å²) in [5.41, 5.74) is 2.32. The third-order valence-electron chi connectivity index (χ3n) is 4.20. The summed E-state index contributed by atoms with van der Waals surface area (Å²) in [6.07, 6.45) is 3.75. The van der Waals surface area contributed by atoms with E-state index in [9.17, 15) is 4.79 Å². The first kappa shape index (κ1) is 19.1. The molecule has 0 aliphatic heterocycles. The van der Waals surface area contributed by atoms with Crippen molar-refractivity contribution < 1.29 is 4.79 Å². The highest BCUT2D eigenvalue weighted by Crippen LogP contribution is 2.32. The van der Waals surface area contributed by atoms with Gasteiger partial charge >= 0.3 is 0 Å². The normalized spacial score (nSPS) is 10.9. The van der Waals surface area contributed by atoms with Crippen molar-refractivity contribution in [3.05, 3.63) is 82.6 Å². The molecule has 0 radical (unpaired) electrons. The number of pyridine rings is 1. The number of nitrogens with zero attached hydrogens (tertiary/aromatic N) is 3. The molecule has 4 nitrogen and oxygen atoms in total. The van der Waals surface area contributed by atoms with Crippen LogP contribution < -0.4 is 4.90 Å². The van der Waals surface area contributed by atoms with Crippen LogP contribution in [-0.4, -0.2) is 22.1 Å². The maximum Gasteiger partial charge on any atom is 0.260 e. The monoisotopic (exact) mass is 469 g/mol. The van der Waals surface area contributed by atoms with Gasteiger partial charge in [0.05, 0.1) is 22.5 Å². The van der Waals surface area contributed by atoms with Crippen molar-refractivity contribution in [2.24, 2.45) is 0 Å². The quantitative estimate of drug-likeness (QED) is 0.335. The first-order valence-corrected chi connectivity index (χ1v) is 11.4. The van der Waals surface area contributed by atoms with Crippen molar-refractivity contribution in [1.82, 2.24) is 9.97 Å². The number of hydrogen-bond acceptors (Lipinski definition) is 5. The van der Waals surface area contributed by atoms with Gasteiger partial charge in [-0.3, -0.25) is 14.7 Å². The highest BCUT2D eigenvalue weighted by molar-refractivity contribution is 9.10. The fraction of sp³-hybridized carbons (Fsp3) is 0.0952. The van der Waals surface area contributed by atoms with E-state index in [1.54, 1.807) is 22.9 Å². The van der Waals surface area contributed by atoms with Gasteiger partial charge in [0, 0.05) is 21.1 Å². The summed E-state index contributed by atoms with van der Waals surface area (Å²) < 4.78 is 2.02. The summed E-state index contributed by atoms with van der Waals surface area (Å²) in [5, 5.41) is 0.665. The fourth-order valence-corrected chi connectivity index (χ4v) is 4.69. The van der Waals surface area contributed by atoms with Crippen LogP contribution in [0.15, 0.2) is 76.2 Å². The van der Waals surface area contributed by atoms with Crippen LogP contribution >= 0.6 is 39.0 Å². The average Bonchev–Trinajstić information content (AvgIpc) is 3.15. The first-order chi connectivity index (χ1) is 13.6. The van der Waals surface area contributed by atoms with Crippen molar-refractivity contribution in [3.63, 3.8) is 0 Å². The lowest BCUT2D eigenvalue weighted by Crippen LogP contribution is -2.30. The van der Waals surface area contributed by atoms with Gasteiger partial charge in [0.2, 0.25) is 0 Å². The van der Waals surface area contributed by atoms with Crippen molar-refractivity contribution in [3.8, 4) is 0 Å². The van der Waals surface area contributed by atoms with E-state index in [1.165, 1.54) is 11.3 Å². The lowest BCUT2D eigenvalue weighted by Gasteiger charge is -2.19. The Kier molecular flexibility index (Phi) is 5.75. The first-order valence-electron chi connectivity index (χ1n) is 8.56. The minimum Gasteiger partial charge on any atom is -0.278 e. The average molecular weight is 470 g/mol. The molecule has 0 bridgehead atoms. The zero-order valence-electron chi connectivity index (χ0n) is 15.0. The van der Waals surface area contributed by atoms with Gasteiger partial charge < -0.3 is 0 Å². The van der Waals surface area contributed by atoms with Crippen LogP contribution in [0.25, 0.3) is 10.2 Å². The Morgan fingerprint density at radius 3 is 2.68 bits per heavy atom. The van der Waals surface area contributed by atoms with Crippen LogP contribution in [-0.2, 0) is 6.54 Å².